The van der Waals surface area contributed by atoms with Gasteiger partial charge in [-0.1, -0.05) is 18.2 Å². The summed E-state index contributed by atoms with van der Waals surface area (Å²) in [7, 11) is 3.14. The molecule has 0 bridgehead atoms. The summed E-state index contributed by atoms with van der Waals surface area (Å²) < 4.78 is 11.2. The highest BCUT2D eigenvalue weighted by Crippen LogP contribution is 2.25. The van der Waals surface area contributed by atoms with E-state index in [2.05, 4.69) is 10.3 Å². The molecule has 0 aliphatic carbocycles. The van der Waals surface area contributed by atoms with E-state index < -0.39 is 5.60 Å². The Kier molecular flexibility index (Phi) is 5.49. The first-order chi connectivity index (χ1) is 12.6. The molecule has 1 N–H and O–H groups in total. The number of morpholine rings is 1. The van der Waals surface area contributed by atoms with Crippen molar-refractivity contribution in [1.29, 1.82) is 0 Å². The lowest BCUT2D eigenvalue weighted by atomic mass is 9.96. The molecular formula is C19H23N3O4. The molecule has 2 heterocycles. The van der Waals surface area contributed by atoms with Crippen molar-refractivity contribution >= 4 is 22.7 Å². The summed E-state index contributed by atoms with van der Waals surface area (Å²) in [6, 6.07) is 9.34. The molecule has 0 spiro atoms. The molecule has 2 aromatic rings. The minimum atomic E-state index is -0.846. The quantitative estimate of drug-likeness (QED) is 0.870. The minimum absolute atomic E-state index is 0.116. The fraction of sp³-hybridized carbons (Fsp3) is 0.421. The normalized spacial score (nSPS) is 20.2. The van der Waals surface area contributed by atoms with Crippen molar-refractivity contribution in [3.63, 3.8) is 0 Å². The van der Waals surface area contributed by atoms with Gasteiger partial charge in [0.05, 0.1) is 37.3 Å². The lowest BCUT2D eigenvalue weighted by Gasteiger charge is -2.42. The Morgan fingerprint density at radius 2 is 2.15 bits per heavy atom. The van der Waals surface area contributed by atoms with Crippen molar-refractivity contribution in [1.82, 2.24) is 15.2 Å². The van der Waals surface area contributed by atoms with E-state index in [0.717, 1.165) is 5.39 Å². The topological polar surface area (TPSA) is 80.8 Å². The number of benzene rings is 1. The lowest BCUT2D eigenvalue weighted by molar-refractivity contribution is -0.150. The number of amides is 2. The van der Waals surface area contributed by atoms with Crippen molar-refractivity contribution in [3.8, 4) is 0 Å². The van der Waals surface area contributed by atoms with Crippen LogP contribution in [0.2, 0.25) is 0 Å². The molecule has 1 aliphatic heterocycles. The van der Waals surface area contributed by atoms with E-state index in [-0.39, 0.29) is 31.4 Å². The van der Waals surface area contributed by atoms with Crippen LogP contribution >= 0.6 is 0 Å². The maximum atomic E-state index is 13.2. The van der Waals surface area contributed by atoms with Gasteiger partial charge in [0.2, 0.25) is 5.91 Å². The number of ether oxygens (including phenoxy) is 2. The van der Waals surface area contributed by atoms with Gasteiger partial charge in [-0.25, -0.2) is 0 Å². The van der Waals surface area contributed by atoms with Crippen LogP contribution in [0.3, 0.4) is 0 Å². The van der Waals surface area contributed by atoms with Gasteiger partial charge in [-0.05, 0) is 12.1 Å². The Hall–Kier alpha value is -2.51. The van der Waals surface area contributed by atoms with Crippen LogP contribution < -0.4 is 5.32 Å². The third-order valence-corrected chi connectivity index (χ3v) is 4.57. The molecule has 1 aromatic heterocycles. The molecule has 0 saturated carbocycles. The van der Waals surface area contributed by atoms with Crippen LogP contribution in [0, 0.1) is 0 Å². The average molecular weight is 357 g/mol. The average Bonchev–Trinajstić information content (AvgIpc) is 2.67. The van der Waals surface area contributed by atoms with E-state index in [9.17, 15) is 9.59 Å². The summed E-state index contributed by atoms with van der Waals surface area (Å²) in [6.45, 7) is 1.33. The van der Waals surface area contributed by atoms with Crippen LogP contribution in [0.15, 0.2) is 36.5 Å². The van der Waals surface area contributed by atoms with E-state index in [1.807, 2.05) is 24.3 Å². The zero-order chi connectivity index (χ0) is 18.6. The smallest absolute Gasteiger partial charge is 0.256 e. The molecule has 1 fully saturated rings. The van der Waals surface area contributed by atoms with E-state index >= 15 is 0 Å². The van der Waals surface area contributed by atoms with Crippen LogP contribution in [-0.4, -0.2) is 67.8 Å². The number of para-hydroxylation sites is 1. The first kappa shape index (κ1) is 18.3. The number of methoxy groups -OCH3 is 1. The van der Waals surface area contributed by atoms with Gasteiger partial charge in [0.15, 0.2) is 0 Å². The number of hydrogen-bond donors (Lipinski definition) is 1. The number of carbonyl (C=O) groups excluding carboxylic acids is 2. The van der Waals surface area contributed by atoms with Gasteiger partial charge in [-0.3, -0.25) is 14.6 Å². The molecule has 1 aromatic carbocycles. The third kappa shape index (κ3) is 3.68. The van der Waals surface area contributed by atoms with Crippen molar-refractivity contribution in [2.24, 2.45) is 0 Å². The molecule has 3 rings (SSSR count). The first-order valence-corrected chi connectivity index (χ1v) is 8.55. The van der Waals surface area contributed by atoms with E-state index in [1.165, 1.54) is 0 Å². The number of aromatic nitrogens is 1. The summed E-state index contributed by atoms with van der Waals surface area (Å²) in [6.07, 6.45) is 1.81. The summed E-state index contributed by atoms with van der Waals surface area (Å²) in [4.78, 5) is 31.2. The monoisotopic (exact) mass is 357 g/mol. The molecule has 138 valence electrons. The van der Waals surface area contributed by atoms with Crippen LogP contribution in [0.25, 0.3) is 10.9 Å². The Labute approximate surface area is 152 Å². The maximum Gasteiger partial charge on any atom is 0.256 e. The number of nitrogens with zero attached hydrogens (tertiary/aromatic N) is 2. The van der Waals surface area contributed by atoms with Crippen molar-refractivity contribution in [2.45, 2.75) is 12.0 Å². The second kappa shape index (κ2) is 7.80. The minimum Gasteiger partial charge on any atom is -0.382 e. The van der Waals surface area contributed by atoms with Crippen LogP contribution in [0.4, 0.5) is 0 Å². The SMILES string of the molecule is CNC(=O)C[C@@]1(COC)CN(C(=O)c2cccc3cccnc23)CCO1. The van der Waals surface area contributed by atoms with Crippen molar-refractivity contribution < 1.29 is 19.1 Å². The highest BCUT2D eigenvalue weighted by molar-refractivity contribution is 6.05. The van der Waals surface area contributed by atoms with Gasteiger partial charge in [0, 0.05) is 32.3 Å². The molecule has 26 heavy (non-hydrogen) atoms. The number of pyridine rings is 1. The summed E-state index contributed by atoms with van der Waals surface area (Å²) >= 11 is 0. The van der Waals surface area contributed by atoms with Gasteiger partial charge >= 0.3 is 0 Å². The molecule has 7 nitrogen and oxygen atoms in total. The second-order valence-electron chi connectivity index (χ2n) is 6.42. The molecule has 2 amide bonds. The summed E-state index contributed by atoms with van der Waals surface area (Å²) in [5.74, 6) is -0.266. The van der Waals surface area contributed by atoms with Crippen molar-refractivity contribution in [2.75, 3.05) is 40.5 Å². The zero-order valence-corrected chi connectivity index (χ0v) is 15.0. The predicted octanol–water partition coefficient (Wildman–Crippen LogP) is 1.23. The van der Waals surface area contributed by atoms with Crippen LogP contribution in [-0.2, 0) is 14.3 Å². The maximum absolute atomic E-state index is 13.2. The summed E-state index contributed by atoms with van der Waals surface area (Å²) in [5, 5.41) is 3.52. The zero-order valence-electron chi connectivity index (χ0n) is 15.0. The number of nitrogens with one attached hydrogen (secondary N) is 1. The van der Waals surface area contributed by atoms with Gasteiger partial charge in [-0.15, -0.1) is 0 Å². The van der Waals surface area contributed by atoms with Crippen molar-refractivity contribution in [3.05, 3.63) is 42.1 Å². The molecule has 1 atom stereocenters. The Morgan fingerprint density at radius 3 is 2.92 bits per heavy atom. The van der Waals surface area contributed by atoms with E-state index in [1.54, 1.807) is 31.3 Å². The molecule has 1 saturated heterocycles. The predicted molar refractivity (Wildman–Crippen MR) is 96.9 cm³/mol. The molecule has 0 radical (unpaired) electrons. The Balaban J connectivity index is 1.88. The van der Waals surface area contributed by atoms with Gasteiger partial charge in [-0.2, -0.15) is 0 Å². The largest absolute Gasteiger partial charge is 0.382 e. The Morgan fingerprint density at radius 1 is 1.35 bits per heavy atom. The number of rotatable bonds is 5. The number of hydrogen-bond acceptors (Lipinski definition) is 5. The van der Waals surface area contributed by atoms with Crippen LogP contribution in [0.5, 0.6) is 0 Å². The Bertz CT molecular complexity index is 801. The fourth-order valence-electron chi connectivity index (χ4n) is 3.35. The van der Waals surface area contributed by atoms with Gasteiger partial charge < -0.3 is 19.7 Å². The van der Waals surface area contributed by atoms with Crippen LogP contribution in [0.1, 0.15) is 16.8 Å². The summed E-state index contributed by atoms with van der Waals surface area (Å²) in [5.41, 5.74) is 0.382. The number of carbonyl (C=O) groups is 2. The third-order valence-electron chi connectivity index (χ3n) is 4.57. The first-order valence-electron chi connectivity index (χ1n) is 8.55. The number of fused-ring (bicyclic) bond motifs is 1. The van der Waals surface area contributed by atoms with Gasteiger partial charge in [0.1, 0.15) is 5.60 Å². The fourth-order valence-corrected chi connectivity index (χ4v) is 3.35. The highest BCUT2D eigenvalue weighted by atomic mass is 16.5. The molecule has 1 aliphatic rings. The molecular weight excluding hydrogens is 334 g/mol. The van der Waals surface area contributed by atoms with Gasteiger partial charge in [0.25, 0.3) is 5.91 Å². The standard InChI is InChI=1S/C19H23N3O4/c1-20-16(23)11-19(13-25-2)12-22(9-10-26-19)18(24)15-7-3-5-14-6-4-8-21-17(14)15/h3-8H,9-13H2,1-2H3,(H,20,23)/t19-/m0/s1. The van der Waals surface area contributed by atoms with E-state index in [4.69, 9.17) is 9.47 Å². The second-order valence-corrected chi connectivity index (χ2v) is 6.42. The van der Waals surface area contributed by atoms with E-state index in [0.29, 0.717) is 24.2 Å². The molecule has 7 heteroatoms. The molecule has 0 unspecified atom stereocenters. The highest BCUT2D eigenvalue weighted by Gasteiger charge is 2.40. The lowest BCUT2D eigenvalue weighted by Crippen LogP contribution is -2.57.